The minimum Gasteiger partial charge on any atom is -0.497 e. The fourth-order valence-electron chi connectivity index (χ4n) is 3.73. The zero-order valence-corrected chi connectivity index (χ0v) is 15.9. The van der Waals surface area contributed by atoms with Gasteiger partial charge < -0.3 is 15.8 Å². The third-order valence-corrected chi connectivity index (χ3v) is 6.47. The van der Waals surface area contributed by atoms with Gasteiger partial charge in [-0.05, 0) is 37.0 Å². The van der Waals surface area contributed by atoms with Gasteiger partial charge in [-0.1, -0.05) is 19.8 Å². The third kappa shape index (κ3) is 2.98. The highest BCUT2D eigenvalue weighted by Crippen LogP contribution is 2.35. The molecule has 3 N–H and O–H groups in total. The topological polar surface area (TPSA) is 77.2 Å². The highest BCUT2D eigenvalue weighted by molar-refractivity contribution is 7.21. The molecule has 0 unspecified atom stereocenters. The van der Waals surface area contributed by atoms with Crippen LogP contribution in [0.25, 0.3) is 21.1 Å². The molecule has 0 saturated heterocycles. The Morgan fingerprint density at radius 1 is 1.31 bits per heavy atom. The van der Waals surface area contributed by atoms with E-state index in [9.17, 15) is 4.79 Å². The standard InChI is InChI=1S/C20H23N3O2S/c1-11-5-3-4-6-15(11)22-19(24)18-17(21)14-9-12-7-8-13(25-2)10-16(12)23-20(14)26-18/h7-11,15H,3-6,21H2,1-2H3,(H,22,24)/t11-,15-/m0/s1. The van der Waals surface area contributed by atoms with Gasteiger partial charge >= 0.3 is 0 Å². The molecule has 0 bridgehead atoms. The predicted octanol–water partition coefficient (Wildman–Crippen LogP) is 4.35. The van der Waals surface area contributed by atoms with Gasteiger partial charge in [-0.25, -0.2) is 4.98 Å². The van der Waals surface area contributed by atoms with Crippen molar-refractivity contribution in [3.05, 3.63) is 29.1 Å². The molecule has 136 valence electrons. The van der Waals surface area contributed by atoms with Crippen LogP contribution in [-0.4, -0.2) is 24.0 Å². The van der Waals surface area contributed by atoms with E-state index in [2.05, 4.69) is 12.2 Å². The molecule has 0 radical (unpaired) electrons. The summed E-state index contributed by atoms with van der Waals surface area (Å²) in [6, 6.07) is 7.99. The summed E-state index contributed by atoms with van der Waals surface area (Å²) >= 11 is 1.36. The Morgan fingerprint density at radius 3 is 2.88 bits per heavy atom. The lowest BCUT2D eigenvalue weighted by Crippen LogP contribution is -2.40. The number of fused-ring (bicyclic) bond motifs is 2. The number of hydrogen-bond acceptors (Lipinski definition) is 5. The zero-order chi connectivity index (χ0) is 18.3. The summed E-state index contributed by atoms with van der Waals surface area (Å²) in [4.78, 5) is 18.8. The Balaban J connectivity index is 1.69. The summed E-state index contributed by atoms with van der Waals surface area (Å²) in [5.74, 6) is 1.19. The Morgan fingerprint density at radius 2 is 2.12 bits per heavy atom. The molecule has 1 amide bonds. The highest BCUT2D eigenvalue weighted by atomic mass is 32.1. The van der Waals surface area contributed by atoms with E-state index < -0.39 is 0 Å². The molecule has 1 aliphatic carbocycles. The maximum absolute atomic E-state index is 12.8. The number of carbonyl (C=O) groups is 1. The monoisotopic (exact) mass is 369 g/mol. The summed E-state index contributed by atoms with van der Waals surface area (Å²) in [5, 5.41) is 5.01. The molecule has 2 heterocycles. The van der Waals surface area contributed by atoms with E-state index in [4.69, 9.17) is 15.5 Å². The van der Waals surface area contributed by atoms with Gasteiger partial charge in [0.15, 0.2) is 0 Å². The summed E-state index contributed by atoms with van der Waals surface area (Å²) in [7, 11) is 1.64. The summed E-state index contributed by atoms with van der Waals surface area (Å²) in [5.41, 5.74) is 7.67. The molecule has 4 rings (SSSR count). The molecule has 1 fully saturated rings. The Bertz CT molecular complexity index is 982. The summed E-state index contributed by atoms with van der Waals surface area (Å²) in [6.45, 7) is 2.21. The second kappa shape index (κ2) is 6.76. The van der Waals surface area contributed by atoms with Crippen molar-refractivity contribution >= 4 is 44.1 Å². The van der Waals surface area contributed by atoms with E-state index in [0.717, 1.165) is 33.3 Å². The fourth-order valence-corrected chi connectivity index (χ4v) is 4.72. The van der Waals surface area contributed by atoms with Crippen molar-refractivity contribution in [2.45, 2.75) is 38.6 Å². The van der Waals surface area contributed by atoms with Crippen LogP contribution in [0.5, 0.6) is 5.75 Å². The largest absolute Gasteiger partial charge is 0.497 e. The number of anilines is 1. The Hall–Kier alpha value is -2.34. The quantitative estimate of drug-likeness (QED) is 0.719. The van der Waals surface area contributed by atoms with Crippen molar-refractivity contribution in [1.82, 2.24) is 10.3 Å². The lowest BCUT2D eigenvalue weighted by Gasteiger charge is -2.29. The SMILES string of the molecule is COc1ccc2cc3c(N)c(C(=O)N[C@H]4CCCC[C@@H]4C)sc3nc2c1. The van der Waals surface area contributed by atoms with Crippen molar-refractivity contribution in [3.63, 3.8) is 0 Å². The van der Waals surface area contributed by atoms with Gasteiger partial charge in [-0.15, -0.1) is 11.3 Å². The Labute approximate surface area is 156 Å². The molecule has 2 aromatic heterocycles. The molecule has 0 aliphatic heterocycles. The van der Waals surface area contributed by atoms with Crippen molar-refractivity contribution in [2.75, 3.05) is 12.8 Å². The van der Waals surface area contributed by atoms with Crippen LogP contribution in [0.4, 0.5) is 5.69 Å². The minimum atomic E-state index is -0.0779. The van der Waals surface area contributed by atoms with Crippen molar-refractivity contribution in [2.24, 2.45) is 5.92 Å². The van der Waals surface area contributed by atoms with Crippen LogP contribution >= 0.6 is 11.3 Å². The molecule has 1 aliphatic rings. The van der Waals surface area contributed by atoms with Gasteiger partial charge in [0.1, 0.15) is 15.5 Å². The van der Waals surface area contributed by atoms with Crippen LogP contribution in [0.1, 0.15) is 42.3 Å². The maximum Gasteiger partial charge on any atom is 0.263 e. The van der Waals surface area contributed by atoms with Crippen LogP contribution in [-0.2, 0) is 0 Å². The van der Waals surface area contributed by atoms with Crippen LogP contribution in [0.15, 0.2) is 24.3 Å². The second-order valence-corrected chi connectivity index (χ2v) is 8.09. The number of benzene rings is 1. The van der Waals surface area contributed by atoms with Gasteiger partial charge in [-0.3, -0.25) is 4.79 Å². The van der Waals surface area contributed by atoms with Crippen LogP contribution in [0, 0.1) is 5.92 Å². The number of hydrogen-bond donors (Lipinski definition) is 2. The summed E-state index contributed by atoms with van der Waals surface area (Å²) < 4.78 is 5.27. The number of nitrogens with zero attached hydrogens (tertiary/aromatic N) is 1. The number of amides is 1. The first kappa shape index (κ1) is 17.1. The van der Waals surface area contributed by atoms with Crippen molar-refractivity contribution < 1.29 is 9.53 Å². The molecule has 6 heteroatoms. The van der Waals surface area contributed by atoms with Crippen molar-refractivity contribution in [3.8, 4) is 5.75 Å². The number of ether oxygens (including phenoxy) is 1. The average molecular weight is 369 g/mol. The smallest absolute Gasteiger partial charge is 0.263 e. The maximum atomic E-state index is 12.8. The van der Waals surface area contributed by atoms with Gasteiger partial charge in [0, 0.05) is 22.9 Å². The van der Waals surface area contributed by atoms with E-state index in [-0.39, 0.29) is 11.9 Å². The lowest BCUT2D eigenvalue weighted by molar-refractivity contribution is 0.0915. The van der Waals surface area contributed by atoms with E-state index in [0.29, 0.717) is 16.5 Å². The number of thiophene rings is 1. The van der Waals surface area contributed by atoms with Crippen molar-refractivity contribution in [1.29, 1.82) is 0 Å². The number of nitrogens with two attached hydrogens (primary N) is 1. The van der Waals surface area contributed by atoms with E-state index in [1.165, 1.54) is 30.6 Å². The molecule has 1 aromatic carbocycles. The first-order chi connectivity index (χ1) is 12.6. The molecule has 2 atom stereocenters. The van der Waals surface area contributed by atoms with Gasteiger partial charge in [0.25, 0.3) is 5.91 Å². The number of carbonyl (C=O) groups excluding carboxylic acids is 1. The second-order valence-electron chi connectivity index (χ2n) is 7.09. The lowest BCUT2D eigenvalue weighted by atomic mass is 9.86. The number of aromatic nitrogens is 1. The van der Waals surface area contributed by atoms with Gasteiger partial charge in [-0.2, -0.15) is 0 Å². The first-order valence-electron chi connectivity index (χ1n) is 9.04. The third-order valence-electron chi connectivity index (χ3n) is 5.36. The number of nitrogens with one attached hydrogen (secondary N) is 1. The molecular weight excluding hydrogens is 346 g/mol. The number of rotatable bonds is 3. The minimum absolute atomic E-state index is 0.0779. The number of pyridine rings is 1. The fraction of sp³-hybridized carbons (Fsp3) is 0.400. The predicted molar refractivity (Wildman–Crippen MR) is 107 cm³/mol. The van der Waals surface area contributed by atoms with Crippen LogP contribution < -0.4 is 15.8 Å². The van der Waals surface area contributed by atoms with E-state index >= 15 is 0 Å². The van der Waals surface area contributed by atoms with Crippen LogP contribution in [0.2, 0.25) is 0 Å². The van der Waals surface area contributed by atoms with E-state index in [1.54, 1.807) is 7.11 Å². The molecule has 1 saturated carbocycles. The van der Waals surface area contributed by atoms with Gasteiger partial charge in [0.05, 0.1) is 18.3 Å². The normalized spacial score (nSPS) is 20.4. The molecule has 5 nitrogen and oxygen atoms in total. The molecular formula is C20H23N3O2S. The number of nitrogen functional groups attached to an aromatic ring is 1. The molecule has 0 spiro atoms. The number of methoxy groups -OCH3 is 1. The average Bonchev–Trinajstić information content (AvgIpc) is 2.97. The zero-order valence-electron chi connectivity index (χ0n) is 15.0. The summed E-state index contributed by atoms with van der Waals surface area (Å²) in [6.07, 6.45) is 4.63. The molecule has 3 aromatic rings. The molecule has 26 heavy (non-hydrogen) atoms. The van der Waals surface area contributed by atoms with Gasteiger partial charge in [0.2, 0.25) is 0 Å². The first-order valence-corrected chi connectivity index (χ1v) is 9.86. The van der Waals surface area contributed by atoms with E-state index in [1.807, 2.05) is 24.3 Å². The highest BCUT2D eigenvalue weighted by Gasteiger charge is 2.25. The van der Waals surface area contributed by atoms with Crippen LogP contribution in [0.3, 0.4) is 0 Å². The Kier molecular flexibility index (Phi) is 4.44.